The first-order valence-electron chi connectivity index (χ1n) is 8.98. The van der Waals surface area contributed by atoms with Gasteiger partial charge in [-0.25, -0.2) is 4.68 Å². The third-order valence-electron chi connectivity index (χ3n) is 4.51. The monoisotopic (exact) mass is 433 g/mol. The van der Waals surface area contributed by atoms with Gasteiger partial charge in [-0.15, -0.1) is 11.3 Å². The molecule has 4 heterocycles. The van der Waals surface area contributed by atoms with Crippen molar-refractivity contribution in [3.8, 4) is 17.4 Å². The number of hydrogen-bond acceptors (Lipinski definition) is 7. The van der Waals surface area contributed by atoms with Gasteiger partial charge in [0, 0.05) is 18.9 Å². The van der Waals surface area contributed by atoms with E-state index < -0.39 is 11.1 Å². The van der Waals surface area contributed by atoms with Crippen LogP contribution in [-0.2, 0) is 12.6 Å². The van der Waals surface area contributed by atoms with Gasteiger partial charge in [-0.2, -0.15) is 28.2 Å². The van der Waals surface area contributed by atoms with E-state index in [4.69, 9.17) is 9.47 Å². The number of alkyl halides is 3. The van der Waals surface area contributed by atoms with Gasteiger partial charge in [0.25, 0.3) is 5.95 Å². The maximum absolute atomic E-state index is 13.2. The Bertz CT molecular complexity index is 1210. The Morgan fingerprint density at radius 3 is 2.80 bits per heavy atom. The molecule has 30 heavy (non-hydrogen) atoms. The molecule has 1 aliphatic heterocycles. The minimum absolute atomic E-state index is 0.200. The highest BCUT2D eigenvalue weighted by atomic mass is 32.1. The van der Waals surface area contributed by atoms with Gasteiger partial charge in [0.2, 0.25) is 6.79 Å². The zero-order valence-corrected chi connectivity index (χ0v) is 16.1. The summed E-state index contributed by atoms with van der Waals surface area (Å²) in [5, 5.41) is 7.55. The van der Waals surface area contributed by atoms with Crippen LogP contribution in [0.4, 0.5) is 19.0 Å². The first-order chi connectivity index (χ1) is 14.5. The van der Waals surface area contributed by atoms with Crippen LogP contribution in [0.3, 0.4) is 0 Å². The summed E-state index contributed by atoms with van der Waals surface area (Å²) in [4.78, 5) is 8.18. The Morgan fingerprint density at radius 1 is 1.13 bits per heavy atom. The van der Waals surface area contributed by atoms with Crippen LogP contribution in [-0.4, -0.2) is 33.1 Å². The number of ether oxygens (including phenoxy) is 2. The van der Waals surface area contributed by atoms with Crippen LogP contribution >= 0.6 is 11.3 Å². The van der Waals surface area contributed by atoms with Gasteiger partial charge in [-0.05, 0) is 36.2 Å². The lowest BCUT2D eigenvalue weighted by atomic mass is 10.1. The highest BCUT2D eigenvalue weighted by molar-refractivity contribution is 7.18. The average molecular weight is 433 g/mol. The van der Waals surface area contributed by atoms with Crippen LogP contribution in [0, 0.1) is 0 Å². The summed E-state index contributed by atoms with van der Waals surface area (Å²) in [6.45, 7) is 0.660. The predicted molar refractivity (Wildman–Crippen MR) is 104 cm³/mol. The van der Waals surface area contributed by atoms with Crippen molar-refractivity contribution in [1.29, 1.82) is 0 Å². The van der Waals surface area contributed by atoms with Gasteiger partial charge >= 0.3 is 6.18 Å². The fourth-order valence-electron chi connectivity index (χ4n) is 3.10. The molecule has 0 atom stereocenters. The second-order valence-electron chi connectivity index (χ2n) is 6.51. The van der Waals surface area contributed by atoms with E-state index in [1.807, 2.05) is 18.2 Å². The van der Waals surface area contributed by atoms with Gasteiger partial charge in [0.05, 0.1) is 5.39 Å². The van der Waals surface area contributed by atoms with Crippen LogP contribution in [0.15, 0.2) is 42.7 Å². The molecule has 0 unspecified atom stereocenters. The fraction of sp³-hybridized carbons (Fsp3) is 0.211. The lowest BCUT2D eigenvalue weighted by Crippen LogP contribution is -2.10. The van der Waals surface area contributed by atoms with E-state index >= 15 is 0 Å². The van der Waals surface area contributed by atoms with Crippen LogP contribution in [0.5, 0.6) is 11.5 Å². The lowest BCUT2D eigenvalue weighted by molar-refractivity contribution is -0.134. The Balaban J connectivity index is 1.43. The van der Waals surface area contributed by atoms with E-state index in [0.717, 1.165) is 11.6 Å². The van der Waals surface area contributed by atoms with Crippen molar-refractivity contribution in [3.05, 3.63) is 53.2 Å². The van der Waals surface area contributed by atoms with Gasteiger partial charge in [-0.3, -0.25) is 0 Å². The summed E-state index contributed by atoms with van der Waals surface area (Å²) in [5.74, 6) is 1.92. The normalized spacial score (nSPS) is 13.2. The Morgan fingerprint density at radius 2 is 2.00 bits per heavy atom. The quantitative estimate of drug-likeness (QED) is 0.507. The van der Waals surface area contributed by atoms with Crippen LogP contribution < -0.4 is 14.8 Å². The molecule has 5 rings (SSSR count). The molecule has 1 aromatic carbocycles. The van der Waals surface area contributed by atoms with Gasteiger partial charge < -0.3 is 14.8 Å². The molecule has 4 aromatic rings. The van der Waals surface area contributed by atoms with Crippen molar-refractivity contribution in [3.63, 3.8) is 0 Å². The third-order valence-corrected chi connectivity index (χ3v) is 5.59. The molecule has 0 amide bonds. The summed E-state index contributed by atoms with van der Waals surface area (Å²) in [7, 11) is 0. The third kappa shape index (κ3) is 3.52. The van der Waals surface area contributed by atoms with E-state index in [-0.39, 0.29) is 17.6 Å². The zero-order valence-electron chi connectivity index (χ0n) is 15.3. The number of anilines is 1. The topological polar surface area (TPSA) is 74.1 Å². The molecule has 11 heteroatoms. The standard InChI is InChI=1S/C19H14F3N5O2S/c20-19(21,22)15-9-12-16(25-18(26-17(12)30-15)27-7-1-5-24-27)23-6-4-11-2-3-13-14(8-11)29-10-28-13/h1-3,5,7-9H,4,6,10H2,(H,23,25,26). The number of aromatic nitrogens is 4. The molecule has 154 valence electrons. The smallest absolute Gasteiger partial charge is 0.425 e. The molecule has 0 radical (unpaired) electrons. The van der Waals surface area contributed by atoms with E-state index in [1.165, 1.54) is 4.68 Å². The van der Waals surface area contributed by atoms with Crippen molar-refractivity contribution in [2.75, 3.05) is 18.7 Å². The molecule has 3 aromatic heterocycles. The molecule has 0 fully saturated rings. The van der Waals surface area contributed by atoms with Crippen LogP contribution in [0.2, 0.25) is 0 Å². The molecular weight excluding hydrogens is 419 g/mol. The Labute approximate surface area is 172 Å². The summed E-state index contributed by atoms with van der Waals surface area (Å²) in [6, 6.07) is 8.42. The van der Waals surface area contributed by atoms with Crippen LogP contribution in [0.1, 0.15) is 10.4 Å². The first-order valence-corrected chi connectivity index (χ1v) is 9.80. The number of hydrogen-bond donors (Lipinski definition) is 1. The van der Waals surface area contributed by atoms with Crippen molar-refractivity contribution in [2.24, 2.45) is 0 Å². The fourth-order valence-corrected chi connectivity index (χ4v) is 3.99. The molecular formula is C19H14F3N5O2S. The molecule has 1 N–H and O–H groups in total. The largest absolute Gasteiger partial charge is 0.454 e. The van der Waals surface area contributed by atoms with Crippen molar-refractivity contribution in [1.82, 2.24) is 19.7 Å². The zero-order chi connectivity index (χ0) is 20.7. The highest BCUT2D eigenvalue weighted by Gasteiger charge is 2.33. The van der Waals surface area contributed by atoms with E-state index in [0.29, 0.717) is 47.0 Å². The molecule has 0 spiro atoms. The second kappa shape index (κ2) is 7.17. The number of nitrogens with zero attached hydrogens (tertiary/aromatic N) is 4. The summed E-state index contributed by atoms with van der Waals surface area (Å²) >= 11 is 0.585. The van der Waals surface area contributed by atoms with Gasteiger partial charge in [0.1, 0.15) is 15.5 Å². The average Bonchev–Trinajstić information content (AvgIpc) is 3.46. The van der Waals surface area contributed by atoms with E-state index in [2.05, 4.69) is 20.4 Å². The maximum Gasteiger partial charge on any atom is 0.425 e. The summed E-state index contributed by atoms with van der Waals surface area (Å²) in [6.07, 6.45) is -0.637. The number of benzene rings is 1. The molecule has 0 aliphatic carbocycles. The van der Waals surface area contributed by atoms with Crippen molar-refractivity contribution < 1.29 is 22.6 Å². The highest BCUT2D eigenvalue weighted by Crippen LogP contribution is 2.39. The van der Waals surface area contributed by atoms with Gasteiger partial charge in [0.15, 0.2) is 11.5 Å². The van der Waals surface area contributed by atoms with Crippen molar-refractivity contribution >= 4 is 27.4 Å². The molecule has 0 saturated heterocycles. The minimum Gasteiger partial charge on any atom is -0.454 e. The van der Waals surface area contributed by atoms with Crippen LogP contribution in [0.25, 0.3) is 16.2 Å². The number of rotatable bonds is 5. The predicted octanol–water partition coefficient (Wildman–Crippen LogP) is 4.28. The molecule has 0 saturated carbocycles. The minimum atomic E-state index is -4.44. The summed E-state index contributed by atoms with van der Waals surface area (Å²) < 4.78 is 51.7. The Hall–Kier alpha value is -3.34. The number of fused-ring (bicyclic) bond motifs is 2. The second-order valence-corrected chi connectivity index (χ2v) is 7.55. The van der Waals surface area contributed by atoms with Gasteiger partial charge in [-0.1, -0.05) is 6.07 Å². The lowest BCUT2D eigenvalue weighted by Gasteiger charge is -2.09. The number of thiophene rings is 1. The van der Waals surface area contributed by atoms with Crippen molar-refractivity contribution in [2.45, 2.75) is 12.6 Å². The number of nitrogens with one attached hydrogen (secondary N) is 1. The molecule has 1 aliphatic rings. The first kappa shape index (κ1) is 18.7. The summed E-state index contributed by atoms with van der Waals surface area (Å²) in [5.41, 5.74) is 1.01. The SMILES string of the molecule is FC(F)(F)c1cc2c(NCCc3ccc4c(c3)OCO4)nc(-n3cccn3)nc2s1. The Kier molecular flexibility index (Phi) is 4.46. The maximum atomic E-state index is 13.2. The number of halogens is 3. The van der Waals surface area contributed by atoms with E-state index in [1.54, 1.807) is 18.5 Å². The molecule has 0 bridgehead atoms. The van der Waals surface area contributed by atoms with E-state index in [9.17, 15) is 13.2 Å². The molecule has 7 nitrogen and oxygen atoms in total.